The smallest absolute Gasteiger partial charge is 0.145 e. The third kappa shape index (κ3) is 3.83. The molecular formula is C20H24N4S. The molecule has 1 aromatic carbocycles. The number of anilines is 1. The number of likely N-dealkylation sites (tertiary alicyclic amines) is 1. The summed E-state index contributed by atoms with van der Waals surface area (Å²) in [5.41, 5.74) is 1.02. The van der Waals surface area contributed by atoms with Crippen molar-refractivity contribution in [2.75, 3.05) is 11.9 Å². The predicted octanol–water partition coefficient (Wildman–Crippen LogP) is 4.68. The Labute approximate surface area is 152 Å². The first kappa shape index (κ1) is 16.5. The van der Waals surface area contributed by atoms with E-state index in [1.54, 1.807) is 11.3 Å². The first-order valence-electron chi connectivity index (χ1n) is 9.05. The maximum Gasteiger partial charge on any atom is 0.145 e. The number of hydrogen-bond donors (Lipinski definition) is 1. The Hall–Kier alpha value is -1.98. The highest BCUT2D eigenvalue weighted by Gasteiger charge is 2.20. The zero-order valence-corrected chi connectivity index (χ0v) is 15.4. The Bertz CT molecular complexity index is 831. The van der Waals surface area contributed by atoms with Crippen molar-refractivity contribution in [3.63, 3.8) is 0 Å². The molecule has 5 heteroatoms. The maximum absolute atomic E-state index is 4.87. The molecule has 1 aliphatic rings. The molecule has 1 saturated heterocycles. The molecule has 0 radical (unpaired) electrons. The average Bonchev–Trinajstić information content (AvgIpc) is 3.15. The molecule has 0 aliphatic carbocycles. The van der Waals surface area contributed by atoms with Gasteiger partial charge >= 0.3 is 0 Å². The average molecular weight is 353 g/mol. The Morgan fingerprint density at radius 2 is 2.08 bits per heavy atom. The number of para-hydroxylation sites is 1. The van der Waals surface area contributed by atoms with E-state index in [-0.39, 0.29) is 0 Å². The number of fused-ring (bicyclic) bond motifs is 1. The van der Waals surface area contributed by atoms with Crippen LogP contribution in [0.1, 0.15) is 36.9 Å². The van der Waals surface area contributed by atoms with Gasteiger partial charge in [0.25, 0.3) is 0 Å². The van der Waals surface area contributed by atoms with Gasteiger partial charge in [-0.1, -0.05) is 24.6 Å². The molecule has 1 aliphatic heterocycles. The van der Waals surface area contributed by atoms with Gasteiger partial charge in [0.2, 0.25) is 0 Å². The summed E-state index contributed by atoms with van der Waals surface area (Å²) in [5.74, 6) is 1.86. The van der Waals surface area contributed by atoms with Crippen LogP contribution in [0.4, 0.5) is 5.82 Å². The lowest BCUT2D eigenvalue weighted by Gasteiger charge is -2.32. The van der Waals surface area contributed by atoms with Crippen molar-refractivity contribution in [1.82, 2.24) is 14.9 Å². The summed E-state index contributed by atoms with van der Waals surface area (Å²) in [6, 6.07) is 13.1. The van der Waals surface area contributed by atoms with Gasteiger partial charge in [0.15, 0.2) is 0 Å². The van der Waals surface area contributed by atoms with E-state index in [9.17, 15) is 0 Å². The van der Waals surface area contributed by atoms with Crippen molar-refractivity contribution in [3.05, 3.63) is 52.5 Å². The first-order valence-corrected chi connectivity index (χ1v) is 9.93. The molecule has 1 atom stereocenters. The molecule has 0 amide bonds. The minimum atomic E-state index is 0.617. The molecule has 4 nitrogen and oxygen atoms in total. The van der Waals surface area contributed by atoms with Gasteiger partial charge in [-0.15, -0.1) is 11.3 Å². The maximum atomic E-state index is 4.87. The summed E-state index contributed by atoms with van der Waals surface area (Å²) < 4.78 is 0. The van der Waals surface area contributed by atoms with E-state index < -0.39 is 0 Å². The van der Waals surface area contributed by atoms with Crippen molar-refractivity contribution in [1.29, 1.82) is 0 Å². The third-order valence-electron chi connectivity index (χ3n) is 4.94. The minimum Gasteiger partial charge on any atom is -0.365 e. The van der Waals surface area contributed by atoms with Gasteiger partial charge in [-0.2, -0.15) is 0 Å². The SMILES string of the molecule is CC1CCCCN1Cc1nc(NCc2cccs2)c2ccccc2n1. The van der Waals surface area contributed by atoms with Crippen molar-refractivity contribution in [2.45, 2.75) is 45.3 Å². The molecule has 4 rings (SSSR count). The Kier molecular flexibility index (Phi) is 4.95. The number of benzene rings is 1. The van der Waals surface area contributed by atoms with E-state index in [1.165, 1.54) is 24.1 Å². The van der Waals surface area contributed by atoms with Gasteiger partial charge in [-0.05, 0) is 49.9 Å². The summed E-state index contributed by atoms with van der Waals surface area (Å²) in [4.78, 5) is 13.5. The van der Waals surface area contributed by atoms with Crippen LogP contribution in [-0.2, 0) is 13.1 Å². The van der Waals surface area contributed by atoms with E-state index in [1.807, 2.05) is 12.1 Å². The normalized spacial score (nSPS) is 18.5. The van der Waals surface area contributed by atoms with Gasteiger partial charge in [-0.25, -0.2) is 9.97 Å². The number of rotatable bonds is 5. The first-order chi connectivity index (χ1) is 12.3. The molecule has 0 saturated carbocycles. The highest BCUT2D eigenvalue weighted by molar-refractivity contribution is 7.09. The van der Waals surface area contributed by atoms with Crippen LogP contribution in [0.15, 0.2) is 41.8 Å². The minimum absolute atomic E-state index is 0.617. The van der Waals surface area contributed by atoms with Crippen LogP contribution in [-0.4, -0.2) is 27.5 Å². The Balaban J connectivity index is 1.61. The zero-order valence-electron chi connectivity index (χ0n) is 14.6. The topological polar surface area (TPSA) is 41.1 Å². The van der Waals surface area contributed by atoms with Crippen LogP contribution in [0.3, 0.4) is 0 Å². The standard InChI is InChI=1S/C20H24N4S/c1-15-7-4-5-11-24(15)14-19-22-18-10-3-2-9-17(18)20(23-19)21-13-16-8-6-12-25-16/h2-3,6,8-10,12,15H,4-5,7,11,13-14H2,1H3,(H,21,22,23). The predicted molar refractivity (Wildman–Crippen MR) is 105 cm³/mol. The Morgan fingerprint density at radius 1 is 1.16 bits per heavy atom. The number of nitrogens with zero attached hydrogens (tertiary/aromatic N) is 3. The monoisotopic (exact) mass is 352 g/mol. The van der Waals surface area contributed by atoms with Gasteiger partial charge in [-0.3, -0.25) is 4.90 Å². The highest BCUT2D eigenvalue weighted by Crippen LogP contribution is 2.24. The van der Waals surface area contributed by atoms with Crippen LogP contribution in [0.2, 0.25) is 0 Å². The number of aromatic nitrogens is 2. The van der Waals surface area contributed by atoms with Crippen molar-refractivity contribution < 1.29 is 0 Å². The van der Waals surface area contributed by atoms with E-state index in [2.05, 4.69) is 46.8 Å². The molecule has 2 aromatic heterocycles. The number of piperidine rings is 1. The van der Waals surface area contributed by atoms with E-state index in [0.717, 1.165) is 42.2 Å². The Morgan fingerprint density at radius 3 is 2.92 bits per heavy atom. The molecule has 0 spiro atoms. The fourth-order valence-electron chi connectivity index (χ4n) is 3.49. The van der Waals surface area contributed by atoms with Crippen molar-refractivity contribution in [3.8, 4) is 0 Å². The van der Waals surface area contributed by atoms with Crippen LogP contribution >= 0.6 is 11.3 Å². The summed E-state index contributed by atoms with van der Waals surface area (Å²) in [6.07, 6.45) is 3.89. The van der Waals surface area contributed by atoms with Gasteiger partial charge in [0.05, 0.1) is 18.6 Å². The van der Waals surface area contributed by atoms with Crippen LogP contribution in [0.25, 0.3) is 10.9 Å². The van der Waals surface area contributed by atoms with Crippen LogP contribution < -0.4 is 5.32 Å². The summed E-state index contributed by atoms with van der Waals surface area (Å²) in [5, 5.41) is 6.72. The molecule has 130 valence electrons. The van der Waals surface area contributed by atoms with Crippen molar-refractivity contribution >= 4 is 28.1 Å². The summed E-state index contributed by atoms with van der Waals surface area (Å²) >= 11 is 1.77. The number of hydrogen-bond acceptors (Lipinski definition) is 5. The van der Waals surface area contributed by atoms with Crippen molar-refractivity contribution in [2.24, 2.45) is 0 Å². The van der Waals surface area contributed by atoms with Gasteiger partial charge < -0.3 is 5.32 Å². The molecule has 1 fully saturated rings. The molecule has 1 unspecified atom stereocenters. The fraction of sp³-hybridized carbons (Fsp3) is 0.400. The number of thiophene rings is 1. The second-order valence-corrected chi connectivity index (χ2v) is 7.79. The quantitative estimate of drug-likeness (QED) is 0.724. The van der Waals surface area contributed by atoms with E-state index in [4.69, 9.17) is 9.97 Å². The van der Waals surface area contributed by atoms with E-state index in [0.29, 0.717) is 6.04 Å². The molecule has 0 bridgehead atoms. The second kappa shape index (κ2) is 7.50. The van der Waals surface area contributed by atoms with Gasteiger partial charge in [0, 0.05) is 16.3 Å². The van der Waals surface area contributed by atoms with E-state index >= 15 is 0 Å². The summed E-state index contributed by atoms with van der Waals surface area (Å²) in [6.45, 7) is 5.10. The lowest BCUT2D eigenvalue weighted by atomic mass is 10.0. The van der Waals surface area contributed by atoms with Crippen LogP contribution in [0, 0.1) is 0 Å². The van der Waals surface area contributed by atoms with Crippen LogP contribution in [0.5, 0.6) is 0 Å². The number of nitrogens with one attached hydrogen (secondary N) is 1. The molecule has 3 aromatic rings. The molecule has 1 N–H and O–H groups in total. The lowest BCUT2D eigenvalue weighted by Crippen LogP contribution is -2.37. The largest absolute Gasteiger partial charge is 0.365 e. The second-order valence-electron chi connectivity index (χ2n) is 6.75. The fourth-order valence-corrected chi connectivity index (χ4v) is 4.13. The lowest BCUT2D eigenvalue weighted by molar-refractivity contribution is 0.149. The highest BCUT2D eigenvalue weighted by atomic mass is 32.1. The zero-order chi connectivity index (χ0) is 17.1. The van der Waals surface area contributed by atoms with Gasteiger partial charge in [0.1, 0.15) is 11.6 Å². The molecular weight excluding hydrogens is 328 g/mol. The summed E-state index contributed by atoms with van der Waals surface area (Å²) in [7, 11) is 0. The molecule has 25 heavy (non-hydrogen) atoms. The third-order valence-corrected chi connectivity index (χ3v) is 5.82. The molecule has 3 heterocycles.